The van der Waals surface area contributed by atoms with Crippen LogP contribution in [0.3, 0.4) is 0 Å². The zero-order valence-corrected chi connectivity index (χ0v) is 21.0. The molecule has 9 heteroatoms. The van der Waals surface area contributed by atoms with E-state index in [2.05, 4.69) is 10.6 Å². The number of carbonyl (C=O) groups is 2. The van der Waals surface area contributed by atoms with Gasteiger partial charge in [-0.25, -0.2) is 0 Å². The summed E-state index contributed by atoms with van der Waals surface area (Å²) in [5.74, 6) is -0.473. The molecule has 0 saturated carbocycles. The van der Waals surface area contributed by atoms with Crippen molar-refractivity contribution in [3.8, 4) is 5.69 Å². The van der Waals surface area contributed by atoms with Crippen molar-refractivity contribution >= 4 is 48.2 Å². The number of carbonyl (C=O) groups excluding carboxylic acids is 2. The number of hydrogen-bond acceptors (Lipinski definition) is 4. The Kier molecular flexibility index (Phi) is 7.45. The zero-order chi connectivity index (χ0) is 23.7. The number of thiophene rings is 1. The van der Waals surface area contributed by atoms with Crippen molar-refractivity contribution in [2.45, 2.75) is 18.5 Å². The summed E-state index contributed by atoms with van der Waals surface area (Å²) in [5.41, 5.74) is 3.06. The molecule has 4 aromatic rings. The molecule has 1 unspecified atom stereocenters. The summed E-state index contributed by atoms with van der Waals surface area (Å²) in [6, 6.07) is 22.4. The van der Waals surface area contributed by atoms with E-state index in [1.165, 1.54) is 22.0 Å². The van der Waals surface area contributed by atoms with Crippen LogP contribution >= 0.6 is 36.4 Å². The number of hydrogen-bond donors (Lipinski definition) is 2. The van der Waals surface area contributed by atoms with Crippen LogP contribution in [0.2, 0.25) is 4.34 Å². The summed E-state index contributed by atoms with van der Waals surface area (Å²) < 4.78 is 2.06. The van der Waals surface area contributed by atoms with Crippen molar-refractivity contribution in [3.05, 3.63) is 121 Å². The molecule has 0 radical (unpaired) electrons. The van der Waals surface area contributed by atoms with E-state index in [-0.39, 0.29) is 43.0 Å². The molecule has 2 aromatic heterocycles. The van der Waals surface area contributed by atoms with E-state index < -0.39 is 0 Å². The number of aromatic nitrogens is 1. The van der Waals surface area contributed by atoms with Gasteiger partial charge in [0.25, 0.3) is 17.4 Å². The van der Waals surface area contributed by atoms with E-state index in [0.29, 0.717) is 26.9 Å². The van der Waals surface area contributed by atoms with Crippen molar-refractivity contribution in [3.63, 3.8) is 0 Å². The highest BCUT2D eigenvalue weighted by molar-refractivity contribution is 7.59. The van der Waals surface area contributed by atoms with Crippen LogP contribution in [0.25, 0.3) is 5.69 Å². The highest BCUT2D eigenvalue weighted by Gasteiger charge is 2.35. The topological polar surface area (TPSA) is 80.2 Å². The average molecular weight is 524 g/mol. The van der Waals surface area contributed by atoms with Crippen LogP contribution in [-0.4, -0.2) is 22.4 Å². The zero-order valence-electron chi connectivity index (χ0n) is 18.4. The van der Waals surface area contributed by atoms with E-state index in [1.54, 1.807) is 54.7 Å². The summed E-state index contributed by atoms with van der Waals surface area (Å²) in [6.45, 7) is 0. The molecule has 35 heavy (non-hydrogen) atoms. The lowest BCUT2D eigenvalue weighted by molar-refractivity contribution is 0.0890. The molecule has 2 heterocycles. The number of nitrogens with one attached hydrogen (secondary N) is 2. The Morgan fingerprint density at radius 3 is 2.34 bits per heavy atom. The van der Waals surface area contributed by atoms with Crippen molar-refractivity contribution in [1.29, 1.82) is 0 Å². The van der Waals surface area contributed by atoms with E-state index in [0.717, 1.165) is 11.1 Å². The normalized spacial score (nSPS) is 16.1. The minimum Gasteiger partial charge on any atom is -0.346 e. The van der Waals surface area contributed by atoms with Gasteiger partial charge in [0.05, 0.1) is 21.3 Å². The Morgan fingerprint density at radius 2 is 1.63 bits per heavy atom. The summed E-state index contributed by atoms with van der Waals surface area (Å²) >= 11 is 7.20. The average Bonchev–Trinajstić information content (AvgIpc) is 3.43. The van der Waals surface area contributed by atoms with Crippen LogP contribution in [-0.2, 0) is 6.42 Å². The fraction of sp³-hybridized carbons (Fsp3) is 0.115. The first-order valence-corrected chi connectivity index (χ1v) is 11.9. The molecular formula is C26H22ClN3O3S2. The minimum absolute atomic E-state index is 0. The Morgan fingerprint density at radius 1 is 0.886 bits per heavy atom. The lowest BCUT2D eigenvalue weighted by atomic mass is 10.1. The van der Waals surface area contributed by atoms with Gasteiger partial charge in [-0.05, 0) is 60.0 Å². The highest BCUT2D eigenvalue weighted by Crippen LogP contribution is 2.32. The van der Waals surface area contributed by atoms with Crippen LogP contribution in [0.4, 0.5) is 0 Å². The monoisotopic (exact) mass is 523 g/mol. The molecule has 0 saturated heterocycles. The van der Waals surface area contributed by atoms with Gasteiger partial charge in [0.15, 0.2) is 0 Å². The van der Waals surface area contributed by atoms with Gasteiger partial charge >= 0.3 is 0 Å². The molecule has 0 spiro atoms. The lowest BCUT2D eigenvalue weighted by Gasteiger charge is -2.23. The van der Waals surface area contributed by atoms with E-state index in [4.69, 9.17) is 11.6 Å². The maximum absolute atomic E-state index is 13.1. The van der Waals surface area contributed by atoms with Crippen LogP contribution in [0, 0.1) is 0 Å². The Bertz CT molecular complexity index is 1430. The summed E-state index contributed by atoms with van der Waals surface area (Å²) in [7, 11) is 0. The first-order valence-electron chi connectivity index (χ1n) is 10.7. The molecule has 2 aromatic carbocycles. The molecule has 2 N–H and O–H groups in total. The summed E-state index contributed by atoms with van der Waals surface area (Å²) in [4.78, 5) is 38.5. The van der Waals surface area contributed by atoms with Gasteiger partial charge in [-0.3, -0.25) is 19.0 Å². The van der Waals surface area contributed by atoms with Crippen LogP contribution in [0.5, 0.6) is 0 Å². The van der Waals surface area contributed by atoms with E-state index >= 15 is 0 Å². The molecule has 0 aliphatic heterocycles. The first-order chi connectivity index (χ1) is 16.5. The molecule has 2 amide bonds. The third kappa shape index (κ3) is 5.19. The second kappa shape index (κ2) is 10.5. The van der Waals surface area contributed by atoms with Gasteiger partial charge in [0.2, 0.25) is 0 Å². The second-order valence-corrected chi connectivity index (χ2v) is 9.71. The van der Waals surface area contributed by atoms with Gasteiger partial charge in [0, 0.05) is 23.5 Å². The SMILES string of the molecule is O=C(N[C@H]1c2ccccc2CC1NC(=O)c1ccc(Cl)s1)c1ccc(-n2ccccc2=O)cc1.S. The second-order valence-electron chi connectivity index (χ2n) is 7.99. The smallest absolute Gasteiger partial charge is 0.261 e. The number of halogens is 1. The van der Waals surface area contributed by atoms with E-state index in [9.17, 15) is 14.4 Å². The number of pyridine rings is 1. The Hall–Kier alpha value is -3.33. The number of fused-ring (bicyclic) bond motifs is 1. The van der Waals surface area contributed by atoms with Gasteiger partial charge in [0.1, 0.15) is 0 Å². The lowest BCUT2D eigenvalue weighted by Crippen LogP contribution is -2.44. The molecular weight excluding hydrogens is 502 g/mol. The molecule has 6 nitrogen and oxygen atoms in total. The molecule has 1 aliphatic rings. The maximum Gasteiger partial charge on any atom is 0.261 e. The molecule has 1 aliphatic carbocycles. The third-order valence-electron chi connectivity index (χ3n) is 5.86. The predicted octanol–water partition coefficient (Wildman–Crippen LogP) is 4.49. The van der Waals surface area contributed by atoms with Gasteiger partial charge in [-0.1, -0.05) is 41.9 Å². The standard InChI is InChI=1S/C26H20ClN3O3S.H2S/c27-22-13-12-21(34-22)26(33)28-20-15-17-5-1-2-6-19(17)24(20)29-25(32)16-8-10-18(11-9-16)30-14-4-3-7-23(30)31;/h1-14,20,24H,15H2,(H,28,33)(H,29,32);1H2/t20?,24-;/m0./s1. The predicted molar refractivity (Wildman–Crippen MR) is 143 cm³/mol. The summed E-state index contributed by atoms with van der Waals surface area (Å²) in [6.07, 6.45) is 2.29. The molecule has 0 fully saturated rings. The molecule has 2 atom stereocenters. The van der Waals surface area contributed by atoms with Gasteiger partial charge in [-0.15, -0.1) is 11.3 Å². The number of benzene rings is 2. The van der Waals surface area contributed by atoms with Crippen molar-refractivity contribution in [2.24, 2.45) is 0 Å². The van der Waals surface area contributed by atoms with Crippen molar-refractivity contribution in [1.82, 2.24) is 15.2 Å². The molecule has 5 rings (SSSR count). The largest absolute Gasteiger partial charge is 0.346 e. The Labute approximate surface area is 218 Å². The Balaban J connectivity index is 0.00000289. The van der Waals surface area contributed by atoms with Crippen LogP contribution < -0.4 is 16.2 Å². The fourth-order valence-corrected chi connectivity index (χ4v) is 5.17. The van der Waals surface area contributed by atoms with Crippen LogP contribution in [0.15, 0.2) is 89.9 Å². The van der Waals surface area contributed by atoms with Gasteiger partial charge in [-0.2, -0.15) is 13.5 Å². The van der Waals surface area contributed by atoms with Crippen molar-refractivity contribution < 1.29 is 9.59 Å². The molecule has 0 bridgehead atoms. The maximum atomic E-state index is 13.1. The number of rotatable bonds is 5. The number of nitrogens with zero attached hydrogens (tertiary/aromatic N) is 1. The fourth-order valence-electron chi connectivity index (χ4n) is 4.22. The van der Waals surface area contributed by atoms with Gasteiger partial charge < -0.3 is 10.6 Å². The third-order valence-corrected chi connectivity index (χ3v) is 7.09. The quantitative estimate of drug-likeness (QED) is 0.404. The van der Waals surface area contributed by atoms with Crippen molar-refractivity contribution in [2.75, 3.05) is 0 Å². The highest BCUT2D eigenvalue weighted by atomic mass is 35.5. The van der Waals surface area contributed by atoms with E-state index in [1.807, 2.05) is 24.3 Å². The molecule has 178 valence electrons. The van der Waals surface area contributed by atoms with Crippen LogP contribution in [0.1, 0.15) is 37.2 Å². The summed E-state index contributed by atoms with van der Waals surface area (Å²) in [5, 5.41) is 6.15. The minimum atomic E-state index is -0.375. The first kappa shape index (κ1) is 24.8. The number of amides is 2.